The summed E-state index contributed by atoms with van der Waals surface area (Å²) in [5.74, 6) is 0. The highest BCUT2D eigenvalue weighted by molar-refractivity contribution is 5.68. The second-order valence-electron chi connectivity index (χ2n) is 6.86. The molecule has 0 aromatic carbocycles. The van der Waals surface area contributed by atoms with Crippen molar-refractivity contribution in [3.8, 4) is 6.07 Å². The lowest BCUT2D eigenvalue weighted by Gasteiger charge is -2.32. The van der Waals surface area contributed by atoms with E-state index in [1.165, 1.54) is 0 Å². The van der Waals surface area contributed by atoms with Crippen LogP contribution < -0.4 is 5.32 Å². The van der Waals surface area contributed by atoms with Crippen molar-refractivity contribution in [2.75, 3.05) is 13.1 Å². The summed E-state index contributed by atoms with van der Waals surface area (Å²) in [5.41, 5.74) is 1.07. The zero-order chi connectivity index (χ0) is 16.9. The number of amides is 1. The predicted octanol–water partition coefficient (Wildman–Crippen LogP) is 2.44. The van der Waals surface area contributed by atoms with E-state index in [4.69, 9.17) is 10.00 Å². The molecule has 23 heavy (non-hydrogen) atoms. The van der Waals surface area contributed by atoms with E-state index in [0.29, 0.717) is 5.69 Å². The fourth-order valence-electron chi connectivity index (χ4n) is 2.60. The second-order valence-corrected chi connectivity index (χ2v) is 6.86. The Morgan fingerprint density at radius 1 is 1.48 bits per heavy atom. The fraction of sp³-hybridized carbons (Fsp3) is 0.588. The van der Waals surface area contributed by atoms with Crippen molar-refractivity contribution < 1.29 is 9.53 Å². The van der Waals surface area contributed by atoms with Gasteiger partial charge in [-0.05, 0) is 51.3 Å². The van der Waals surface area contributed by atoms with Crippen molar-refractivity contribution in [2.45, 2.75) is 51.8 Å². The normalized spacial score (nSPS) is 16.6. The Hall–Kier alpha value is -2.13. The fourth-order valence-corrected chi connectivity index (χ4v) is 2.60. The summed E-state index contributed by atoms with van der Waals surface area (Å²) in [7, 11) is 0. The summed E-state index contributed by atoms with van der Waals surface area (Å²) >= 11 is 0. The lowest BCUT2D eigenvalue weighted by atomic mass is 10.0. The maximum atomic E-state index is 11.8. The standard InChI is InChI=1S/C17H24N4O2/c1-17(2,3)23-16(22)20-14-5-8-21(9-6-14)12-13-4-7-19-15(10-13)11-18/h4,7,10,14H,5-6,8-9,12H2,1-3H3,(H,20,22). The lowest BCUT2D eigenvalue weighted by Crippen LogP contribution is -2.45. The van der Waals surface area contributed by atoms with Gasteiger partial charge in [0.25, 0.3) is 0 Å². The molecule has 2 rings (SSSR count). The topological polar surface area (TPSA) is 78.2 Å². The van der Waals surface area contributed by atoms with Crippen LogP contribution >= 0.6 is 0 Å². The molecule has 6 heteroatoms. The SMILES string of the molecule is CC(C)(C)OC(=O)NC1CCN(Cc2ccnc(C#N)c2)CC1. The number of pyridine rings is 1. The average molecular weight is 316 g/mol. The number of ether oxygens (including phenoxy) is 1. The molecule has 0 atom stereocenters. The molecule has 6 nitrogen and oxygen atoms in total. The van der Waals surface area contributed by atoms with Gasteiger partial charge >= 0.3 is 6.09 Å². The molecule has 1 aliphatic rings. The molecule has 124 valence electrons. The highest BCUT2D eigenvalue weighted by Gasteiger charge is 2.23. The first-order chi connectivity index (χ1) is 10.9. The molecule has 0 unspecified atom stereocenters. The molecule has 1 aliphatic heterocycles. The van der Waals surface area contributed by atoms with Gasteiger partial charge in [-0.2, -0.15) is 5.26 Å². The molecule has 1 aromatic heterocycles. The van der Waals surface area contributed by atoms with Crippen LogP contribution in [0.15, 0.2) is 18.3 Å². The molecular formula is C17H24N4O2. The van der Waals surface area contributed by atoms with Crippen LogP contribution in [0.1, 0.15) is 44.9 Å². The number of nitrogens with zero attached hydrogens (tertiary/aromatic N) is 3. The molecule has 1 amide bonds. The average Bonchev–Trinajstić information content (AvgIpc) is 2.47. The van der Waals surface area contributed by atoms with E-state index in [1.54, 1.807) is 6.20 Å². The Labute approximate surface area is 137 Å². The molecule has 1 saturated heterocycles. The van der Waals surface area contributed by atoms with Crippen LogP contribution in [-0.4, -0.2) is 40.7 Å². The third-order valence-corrected chi connectivity index (χ3v) is 3.65. The minimum absolute atomic E-state index is 0.160. The Kier molecular flexibility index (Phi) is 5.56. The van der Waals surface area contributed by atoms with E-state index < -0.39 is 5.60 Å². The van der Waals surface area contributed by atoms with Crippen LogP contribution in [0, 0.1) is 11.3 Å². The number of nitriles is 1. The zero-order valence-corrected chi connectivity index (χ0v) is 14.0. The second kappa shape index (κ2) is 7.42. The van der Waals surface area contributed by atoms with Crippen molar-refractivity contribution in [3.05, 3.63) is 29.6 Å². The van der Waals surface area contributed by atoms with Crippen molar-refractivity contribution in [2.24, 2.45) is 0 Å². The smallest absolute Gasteiger partial charge is 0.407 e. The Morgan fingerprint density at radius 3 is 2.78 bits per heavy atom. The predicted molar refractivity (Wildman–Crippen MR) is 86.6 cm³/mol. The zero-order valence-electron chi connectivity index (χ0n) is 14.0. The number of carbonyl (C=O) groups is 1. The Morgan fingerprint density at radius 2 is 2.17 bits per heavy atom. The van der Waals surface area contributed by atoms with Gasteiger partial charge in [0.2, 0.25) is 0 Å². The number of hydrogen-bond acceptors (Lipinski definition) is 5. The molecule has 1 fully saturated rings. The number of aromatic nitrogens is 1. The quantitative estimate of drug-likeness (QED) is 0.926. The van der Waals surface area contributed by atoms with Crippen molar-refractivity contribution in [1.29, 1.82) is 5.26 Å². The minimum Gasteiger partial charge on any atom is -0.444 e. The molecule has 1 N–H and O–H groups in total. The molecule has 0 spiro atoms. The largest absolute Gasteiger partial charge is 0.444 e. The van der Waals surface area contributed by atoms with Crippen LogP contribution in [-0.2, 0) is 11.3 Å². The number of alkyl carbamates (subject to hydrolysis) is 1. The number of hydrogen-bond donors (Lipinski definition) is 1. The molecular weight excluding hydrogens is 292 g/mol. The van der Waals surface area contributed by atoms with Crippen molar-refractivity contribution >= 4 is 6.09 Å². The summed E-state index contributed by atoms with van der Waals surface area (Å²) in [6, 6.07) is 5.98. The number of nitrogens with one attached hydrogen (secondary N) is 1. The summed E-state index contributed by atoms with van der Waals surface area (Å²) in [6.07, 6.45) is 3.12. The van der Waals surface area contributed by atoms with Gasteiger partial charge in [0.05, 0.1) is 0 Å². The molecule has 0 saturated carbocycles. The van der Waals surface area contributed by atoms with E-state index in [2.05, 4.69) is 21.3 Å². The van der Waals surface area contributed by atoms with Gasteiger partial charge in [-0.15, -0.1) is 0 Å². The maximum absolute atomic E-state index is 11.8. The van der Waals surface area contributed by atoms with Gasteiger partial charge in [0.1, 0.15) is 17.4 Å². The van der Waals surface area contributed by atoms with E-state index in [1.807, 2.05) is 32.9 Å². The minimum atomic E-state index is -0.468. The number of likely N-dealkylation sites (tertiary alicyclic amines) is 1. The Balaban J connectivity index is 1.77. The van der Waals surface area contributed by atoms with Gasteiger partial charge in [-0.3, -0.25) is 4.90 Å². The monoisotopic (exact) mass is 316 g/mol. The first kappa shape index (κ1) is 17.2. The number of rotatable bonds is 3. The van der Waals surface area contributed by atoms with E-state index in [-0.39, 0.29) is 12.1 Å². The van der Waals surface area contributed by atoms with E-state index in [9.17, 15) is 4.79 Å². The highest BCUT2D eigenvalue weighted by Crippen LogP contribution is 2.15. The van der Waals surface area contributed by atoms with Crippen LogP contribution in [0.25, 0.3) is 0 Å². The van der Waals surface area contributed by atoms with Crippen LogP contribution in [0.3, 0.4) is 0 Å². The third-order valence-electron chi connectivity index (χ3n) is 3.65. The number of piperidine rings is 1. The van der Waals surface area contributed by atoms with Crippen LogP contribution in [0.5, 0.6) is 0 Å². The summed E-state index contributed by atoms with van der Waals surface area (Å²) in [6.45, 7) is 8.20. The van der Waals surface area contributed by atoms with Gasteiger partial charge in [0.15, 0.2) is 0 Å². The highest BCUT2D eigenvalue weighted by atomic mass is 16.6. The number of carbonyl (C=O) groups excluding carboxylic acids is 1. The van der Waals surface area contributed by atoms with E-state index in [0.717, 1.165) is 38.0 Å². The molecule has 1 aromatic rings. The molecule has 0 bridgehead atoms. The van der Waals surface area contributed by atoms with E-state index >= 15 is 0 Å². The summed E-state index contributed by atoms with van der Waals surface area (Å²) < 4.78 is 5.29. The maximum Gasteiger partial charge on any atom is 0.407 e. The first-order valence-corrected chi connectivity index (χ1v) is 7.92. The van der Waals surface area contributed by atoms with Gasteiger partial charge in [-0.25, -0.2) is 9.78 Å². The Bertz CT molecular complexity index is 581. The molecule has 0 aliphatic carbocycles. The van der Waals surface area contributed by atoms with Gasteiger partial charge < -0.3 is 10.1 Å². The molecule has 2 heterocycles. The third kappa shape index (κ3) is 5.87. The van der Waals surface area contributed by atoms with Gasteiger partial charge in [-0.1, -0.05) is 0 Å². The lowest BCUT2D eigenvalue weighted by molar-refractivity contribution is 0.0477. The first-order valence-electron chi connectivity index (χ1n) is 7.92. The van der Waals surface area contributed by atoms with Crippen LogP contribution in [0.4, 0.5) is 4.79 Å². The van der Waals surface area contributed by atoms with Crippen molar-refractivity contribution in [3.63, 3.8) is 0 Å². The summed E-state index contributed by atoms with van der Waals surface area (Å²) in [5, 5.41) is 11.8. The van der Waals surface area contributed by atoms with Gasteiger partial charge in [0, 0.05) is 31.9 Å². The van der Waals surface area contributed by atoms with Crippen LogP contribution in [0.2, 0.25) is 0 Å². The molecule has 0 radical (unpaired) electrons. The van der Waals surface area contributed by atoms with Crippen molar-refractivity contribution in [1.82, 2.24) is 15.2 Å². The summed E-state index contributed by atoms with van der Waals surface area (Å²) in [4.78, 5) is 18.1.